The number of aromatic nitrogens is 3. The molecule has 0 saturated heterocycles. The first-order valence-electron chi connectivity index (χ1n) is 7.57. The third kappa shape index (κ3) is 3.13. The summed E-state index contributed by atoms with van der Waals surface area (Å²) in [7, 11) is 0. The molecule has 0 aliphatic rings. The zero-order valence-electron chi connectivity index (χ0n) is 14.0. The number of hydrogen-bond acceptors (Lipinski definition) is 6. The molecule has 0 atom stereocenters. The Kier molecular flexibility index (Phi) is 4.94. The summed E-state index contributed by atoms with van der Waals surface area (Å²) in [6.45, 7) is 0. The maximum absolute atomic E-state index is 13.9. The minimum absolute atomic E-state index is 0.233. The van der Waals surface area contributed by atoms with Crippen molar-refractivity contribution in [3.05, 3.63) is 36.0 Å². The fourth-order valence-corrected chi connectivity index (χ4v) is 2.16. The van der Waals surface area contributed by atoms with E-state index >= 15 is 0 Å². The second-order valence-electron chi connectivity index (χ2n) is 5.70. The molecule has 2 heterocycles. The van der Waals surface area contributed by atoms with Gasteiger partial charge in [-0.2, -0.15) is 26.3 Å². The number of nitrogen functional groups attached to an aromatic ring is 1. The van der Waals surface area contributed by atoms with Crippen molar-refractivity contribution in [3.63, 3.8) is 0 Å². The van der Waals surface area contributed by atoms with E-state index in [-0.39, 0.29) is 5.56 Å². The summed E-state index contributed by atoms with van der Waals surface area (Å²) < 4.78 is 128. The minimum Gasteiger partial charge on any atom is -0.420 e. The fraction of sp³-hybridized carbons (Fsp3) is 0.267. The number of alkyl halides is 8. The van der Waals surface area contributed by atoms with E-state index in [9.17, 15) is 39.5 Å². The molecule has 1 aromatic carbocycles. The summed E-state index contributed by atoms with van der Waals surface area (Å²) in [6, 6.07) is 4.93. The number of rotatable bonds is 6. The van der Waals surface area contributed by atoms with Crippen LogP contribution < -0.4 is 5.73 Å². The van der Waals surface area contributed by atoms with Crippen molar-refractivity contribution >= 4 is 5.88 Å². The second-order valence-corrected chi connectivity index (χ2v) is 5.70. The Hall–Kier alpha value is -3.26. The lowest BCUT2D eigenvalue weighted by Gasteiger charge is -2.29. The predicted molar refractivity (Wildman–Crippen MR) is 79.4 cm³/mol. The largest absolute Gasteiger partial charge is 0.420 e. The maximum Gasteiger partial charge on any atom is 0.392 e. The Bertz CT molecular complexity index is 1060. The lowest BCUT2D eigenvalue weighted by molar-refractivity contribution is -0.348. The number of hydrogen-bond donors (Lipinski definition) is 1. The Morgan fingerprint density at radius 2 is 1.53 bits per heavy atom. The first-order chi connectivity index (χ1) is 13.8. The summed E-state index contributed by atoms with van der Waals surface area (Å²) in [5.41, 5.74) is 4.50. The van der Waals surface area contributed by atoms with Crippen LogP contribution in [0.25, 0.3) is 23.0 Å². The molecule has 0 spiro atoms. The van der Waals surface area contributed by atoms with Crippen LogP contribution in [0.3, 0.4) is 0 Å². The van der Waals surface area contributed by atoms with Crippen molar-refractivity contribution in [1.29, 1.82) is 0 Å². The molecule has 0 saturated carbocycles. The fourth-order valence-electron chi connectivity index (χ4n) is 2.16. The van der Waals surface area contributed by atoms with Crippen LogP contribution in [0, 0.1) is 5.82 Å². The molecule has 0 bridgehead atoms. The van der Waals surface area contributed by atoms with Crippen LogP contribution in [0.2, 0.25) is 0 Å². The summed E-state index contributed by atoms with van der Waals surface area (Å²) in [5.74, 6) is -24.5. The van der Waals surface area contributed by atoms with E-state index in [0.717, 1.165) is 6.07 Å². The molecule has 0 aliphatic heterocycles. The van der Waals surface area contributed by atoms with Gasteiger partial charge in [0.15, 0.2) is 5.69 Å². The number of anilines is 1. The lowest BCUT2D eigenvalue weighted by Crippen LogP contribution is -2.56. The van der Waals surface area contributed by atoms with E-state index in [1.54, 1.807) is 0 Å². The molecular weight excluding hydrogens is 439 g/mol. The van der Waals surface area contributed by atoms with Crippen LogP contribution in [0.4, 0.5) is 45.4 Å². The van der Waals surface area contributed by atoms with E-state index < -0.39 is 59.3 Å². The van der Waals surface area contributed by atoms with Crippen molar-refractivity contribution in [3.8, 4) is 23.0 Å². The third-order valence-electron chi connectivity index (χ3n) is 3.74. The first kappa shape index (κ1) is 21.4. The van der Waals surface area contributed by atoms with E-state index in [4.69, 9.17) is 10.2 Å². The number of oxazole rings is 1. The van der Waals surface area contributed by atoms with Gasteiger partial charge in [-0.25, -0.2) is 18.2 Å². The van der Waals surface area contributed by atoms with Gasteiger partial charge in [0.25, 0.3) is 11.8 Å². The average Bonchev–Trinajstić information content (AvgIpc) is 3.28. The smallest absolute Gasteiger partial charge is 0.392 e. The molecule has 162 valence electrons. The van der Waals surface area contributed by atoms with E-state index in [1.807, 2.05) is 0 Å². The Balaban J connectivity index is 2.00. The summed E-state index contributed by atoms with van der Waals surface area (Å²) in [5, 5.41) is 5.43. The highest BCUT2D eigenvalue weighted by Crippen LogP contribution is 2.53. The first-order valence-corrected chi connectivity index (χ1v) is 7.57. The van der Waals surface area contributed by atoms with Crippen molar-refractivity contribution < 1.29 is 48.3 Å². The molecular formula is C15H7F9N4O2. The highest BCUT2D eigenvalue weighted by atomic mass is 19.4. The Morgan fingerprint density at radius 1 is 0.900 bits per heavy atom. The van der Waals surface area contributed by atoms with Gasteiger partial charge in [0.1, 0.15) is 5.82 Å². The van der Waals surface area contributed by atoms with Gasteiger partial charge in [-0.15, -0.1) is 10.2 Å². The van der Waals surface area contributed by atoms with Crippen LogP contribution in [-0.2, 0) is 5.92 Å². The van der Waals surface area contributed by atoms with Crippen molar-refractivity contribution in [1.82, 2.24) is 15.2 Å². The van der Waals surface area contributed by atoms with Crippen molar-refractivity contribution in [2.75, 3.05) is 5.73 Å². The molecule has 0 unspecified atom stereocenters. The normalized spacial score (nSPS) is 13.3. The number of benzene rings is 1. The molecule has 0 fully saturated rings. The van der Waals surface area contributed by atoms with E-state index in [2.05, 4.69) is 19.6 Å². The quantitative estimate of drug-likeness (QED) is 0.550. The zero-order chi connectivity index (χ0) is 22.5. The van der Waals surface area contributed by atoms with Crippen LogP contribution in [-0.4, -0.2) is 33.5 Å². The highest BCUT2D eigenvalue weighted by Gasteiger charge is 2.78. The zero-order valence-corrected chi connectivity index (χ0v) is 14.0. The molecule has 0 radical (unpaired) electrons. The predicted octanol–water partition coefficient (Wildman–Crippen LogP) is 4.74. The molecule has 0 aliphatic carbocycles. The van der Waals surface area contributed by atoms with Crippen molar-refractivity contribution in [2.24, 2.45) is 0 Å². The van der Waals surface area contributed by atoms with Crippen LogP contribution in [0.15, 0.2) is 33.1 Å². The van der Waals surface area contributed by atoms with Crippen LogP contribution in [0.5, 0.6) is 0 Å². The van der Waals surface area contributed by atoms with Gasteiger partial charge in [-0.05, 0) is 12.1 Å². The maximum atomic E-state index is 13.9. The molecule has 30 heavy (non-hydrogen) atoms. The minimum atomic E-state index is -6.59. The van der Waals surface area contributed by atoms with Gasteiger partial charge in [0, 0.05) is 0 Å². The monoisotopic (exact) mass is 446 g/mol. The van der Waals surface area contributed by atoms with Gasteiger partial charge in [-0.3, -0.25) is 0 Å². The Labute approximate surface area is 159 Å². The Morgan fingerprint density at radius 3 is 2.13 bits per heavy atom. The topological polar surface area (TPSA) is 91.0 Å². The molecule has 3 aromatic rings. The molecule has 6 nitrogen and oxygen atoms in total. The van der Waals surface area contributed by atoms with Gasteiger partial charge in [0.05, 0.1) is 5.56 Å². The summed E-state index contributed by atoms with van der Waals surface area (Å²) >= 11 is 0. The molecule has 15 heteroatoms. The SMILES string of the molecule is Nc1oc(-c2ccccc2F)nc1-c1nnc(C(F)(F)C(F)(F)C(F)(F)C(F)F)o1. The highest BCUT2D eigenvalue weighted by molar-refractivity contribution is 5.66. The van der Waals surface area contributed by atoms with E-state index in [0.29, 0.717) is 0 Å². The van der Waals surface area contributed by atoms with Gasteiger partial charge in [-0.1, -0.05) is 12.1 Å². The second kappa shape index (κ2) is 6.91. The third-order valence-corrected chi connectivity index (χ3v) is 3.74. The standard InChI is InChI=1S/C15H7F9N4O2/c16-6-4-2-1-3-5(6)9-26-7(8(25)29-9)10-27-28-12(30-10)14(21,22)15(23,24)13(19,20)11(17)18/h1-4,11H,25H2. The molecule has 0 amide bonds. The van der Waals surface area contributed by atoms with Gasteiger partial charge >= 0.3 is 24.2 Å². The average molecular weight is 446 g/mol. The van der Waals surface area contributed by atoms with E-state index in [1.165, 1.54) is 18.2 Å². The number of halogens is 9. The van der Waals surface area contributed by atoms with Crippen LogP contribution in [0.1, 0.15) is 5.89 Å². The van der Waals surface area contributed by atoms with Gasteiger partial charge in [0.2, 0.25) is 11.8 Å². The summed E-state index contributed by atoms with van der Waals surface area (Å²) in [4.78, 5) is 3.62. The molecule has 3 rings (SSSR count). The number of nitrogens with zero attached hydrogens (tertiary/aromatic N) is 3. The van der Waals surface area contributed by atoms with Crippen LogP contribution >= 0.6 is 0 Å². The molecule has 2 aromatic heterocycles. The van der Waals surface area contributed by atoms with Crippen molar-refractivity contribution in [2.45, 2.75) is 24.2 Å². The summed E-state index contributed by atoms with van der Waals surface area (Å²) in [6.07, 6.45) is -5.12. The molecule has 2 N–H and O–H groups in total. The lowest BCUT2D eigenvalue weighted by atomic mass is 10.1. The number of nitrogens with two attached hydrogens (primary N) is 1. The van der Waals surface area contributed by atoms with Gasteiger partial charge < -0.3 is 14.6 Å².